The Labute approximate surface area is 108 Å². The van der Waals surface area contributed by atoms with E-state index >= 15 is 0 Å². The SMILES string of the molecule is Nc1ncnc2c1sc1sc3c(N)ncnc3c12. The van der Waals surface area contributed by atoms with Crippen molar-refractivity contribution in [1.29, 1.82) is 0 Å². The van der Waals surface area contributed by atoms with Crippen molar-refractivity contribution in [3.05, 3.63) is 12.7 Å². The second-order valence-electron chi connectivity index (χ2n) is 3.74. The average Bonchev–Trinajstić information content (AvgIpc) is 2.88. The number of fused-ring (bicyclic) bond motifs is 5. The van der Waals surface area contributed by atoms with E-state index in [1.807, 2.05) is 0 Å². The van der Waals surface area contributed by atoms with Gasteiger partial charge in [0.15, 0.2) is 0 Å². The normalized spacial score (nSPS) is 11.8. The molecular weight excluding hydrogens is 268 g/mol. The largest absolute Gasteiger partial charge is 0.382 e. The Balaban J connectivity index is 2.34. The van der Waals surface area contributed by atoms with Gasteiger partial charge in [-0.3, -0.25) is 0 Å². The molecule has 0 amide bonds. The van der Waals surface area contributed by atoms with E-state index in [9.17, 15) is 0 Å². The van der Waals surface area contributed by atoms with Crippen LogP contribution in [0.5, 0.6) is 0 Å². The first kappa shape index (κ1) is 9.92. The lowest BCUT2D eigenvalue weighted by Gasteiger charge is -1.95. The minimum atomic E-state index is 0.503. The lowest BCUT2D eigenvalue weighted by Crippen LogP contribution is -1.91. The first-order chi connectivity index (χ1) is 8.75. The van der Waals surface area contributed by atoms with E-state index in [0.29, 0.717) is 11.6 Å². The monoisotopic (exact) mass is 274 g/mol. The highest BCUT2D eigenvalue weighted by molar-refractivity contribution is 7.44. The molecule has 0 aliphatic rings. The maximum atomic E-state index is 5.86. The van der Waals surface area contributed by atoms with Gasteiger partial charge in [0.2, 0.25) is 0 Å². The van der Waals surface area contributed by atoms with Crippen molar-refractivity contribution >= 4 is 64.1 Å². The molecule has 8 heteroatoms. The number of nitrogen functional groups attached to an aromatic ring is 2. The van der Waals surface area contributed by atoms with Crippen molar-refractivity contribution in [2.75, 3.05) is 11.5 Å². The van der Waals surface area contributed by atoms with Crippen LogP contribution < -0.4 is 11.5 Å². The Hall–Kier alpha value is -2.06. The third kappa shape index (κ3) is 1.11. The summed E-state index contributed by atoms with van der Waals surface area (Å²) in [6, 6.07) is 0. The molecule has 0 spiro atoms. The van der Waals surface area contributed by atoms with Crippen LogP contribution in [0.3, 0.4) is 0 Å². The van der Waals surface area contributed by atoms with E-state index in [1.54, 1.807) is 22.7 Å². The molecule has 18 heavy (non-hydrogen) atoms. The van der Waals surface area contributed by atoms with Gasteiger partial charge in [0.1, 0.15) is 24.3 Å². The molecule has 4 N–H and O–H groups in total. The molecule has 0 radical (unpaired) electrons. The van der Waals surface area contributed by atoms with Gasteiger partial charge in [0.05, 0.1) is 29.8 Å². The van der Waals surface area contributed by atoms with Gasteiger partial charge in [-0.2, -0.15) is 0 Å². The lowest BCUT2D eigenvalue weighted by atomic mass is 10.3. The first-order valence-electron chi connectivity index (χ1n) is 5.07. The van der Waals surface area contributed by atoms with E-state index in [-0.39, 0.29) is 0 Å². The molecule has 6 nitrogen and oxygen atoms in total. The Morgan fingerprint density at radius 2 is 1.28 bits per heavy atom. The summed E-state index contributed by atoms with van der Waals surface area (Å²) in [5, 5.41) is 0.998. The topological polar surface area (TPSA) is 104 Å². The summed E-state index contributed by atoms with van der Waals surface area (Å²) >= 11 is 3.14. The molecule has 4 rings (SSSR count). The molecule has 0 aliphatic heterocycles. The zero-order chi connectivity index (χ0) is 12.3. The number of nitrogens with zero attached hydrogens (tertiary/aromatic N) is 4. The molecule has 0 aliphatic carbocycles. The number of anilines is 2. The van der Waals surface area contributed by atoms with Crippen LogP contribution in [0.25, 0.3) is 29.8 Å². The third-order valence-electron chi connectivity index (χ3n) is 2.73. The fourth-order valence-corrected chi connectivity index (χ4v) is 4.39. The van der Waals surface area contributed by atoms with Crippen LogP contribution in [0.1, 0.15) is 0 Å². The fraction of sp³-hybridized carbons (Fsp3) is 0. The molecule has 88 valence electrons. The predicted octanol–water partition coefficient (Wildman–Crippen LogP) is 2.01. The van der Waals surface area contributed by atoms with Crippen LogP contribution in [-0.4, -0.2) is 19.9 Å². The Kier molecular flexibility index (Phi) is 1.78. The molecule has 0 bridgehead atoms. The Bertz CT molecular complexity index is 838. The zero-order valence-electron chi connectivity index (χ0n) is 8.91. The molecule has 4 aromatic rings. The van der Waals surface area contributed by atoms with E-state index in [1.165, 1.54) is 12.7 Å². The summed E-state index contributed by atoms with van der Waals surface area (Å²) in [4.78, 5) is 16.6. The molecule has 4 aromatic heterocycles. The van der Waals surface area contributed by atoms with Crippen molar-refractivity contribution < 1.29 is 0 Å². The van der Waals surface area contributed by atoms with Gasteiger partial charge in [0, 0.05) is 0 Å². The van der Waals surface area contributed by atoms with Crippen molar-refractivity contribution in [1.82, 2.24) is 19.9 Å². The summed E-state index contributed by atoms with van der Waals surface area (Å²) < 4.78 is 2.90. The van der Waals surface area contributed by atoms with Gasteiger partial charge < -0.3 is 11.5 Å². The highest BCUT2D eigenvalue weighted by atomic mass is 32.2. The van der Waals surface area contributed by atoms with E-state index in [4.69, 9.17) is 11.5 Å². The molecule has 0 aromatic carbocycles. The standard InChI is InChI=1S/C10H6N6S2/c11-8-6-4(13-1-15-8)3-5-7(18-10(3)17-6)9(12)16-2-14-5/h1-2H,(H2,11,13,15)(H2,12,14,16). The summed E-state index contributed by atoms with van der Waals surface area (Å²) in [6.45, 7) is 0. The number of hydrogen-bond acceptors (Lipinski definition) is 8. The van der Waals surface area contributed by atoms with Crippen LogP contribution in [0, 0.1) is 0 Å². The summed E-state index contributed by atoms with van der Waals surface area (Å²) in [6.07, 6.45) is 2.94. The van der Waals surface area contributed by atoms with Gasteiger partial charge in [-0.25, -0.2) is 19.9 Å². The second-order valence-corrected chi connectivity index (χ2v) is 6.04. The number of thiophene rings is 2. The van der Waals surface area contributed by atoms with E-state index in [2.05, 4.69) is 19.9 Å². The van der Waals surface area contributed by atoms with Crippen LogP contribution in [0.4, 0.5) is 11.6 Å². The van der Waals surface area contributed by atoms with Crippen LogP contribution in [0.2, 0.25) is 0 Å². The highest BCUT2D eigenvalue weighted by Crippen LogP contribution is 2.44. The van der Waals surface area contributed by atoms with Crippen molar-refractivity contribution in [3.63, 3.8) is 0 Å². The predicted molar refractivity (Wildman–Crippen MR) is 74.7 cm³/mol. The number of nitrogens with two attached hydrogens (primary N) is 2. The van der Waals surface area contributed by atoms with Crippen LogP contribution >= 0.6 is 22.7 Å². The van der Waals surface area contributed by atoms with Crippen LogP contribution in [-0.2, 0) is 0 Å². The maximum absolute atomic E-state index is 5.86. The second kappa shape index (κ2) is 3.24. The molecular formula is C10H6N6S2. The van der Waals surface area contributed by atoms with Gasteiger partial charge in [-0.1, -0.05) is 0 Å². The minimum Gasteiger partial charge on any atom is -0.382 e. The number of hydrogen-bond donors (Lipinski definition) is 2. The summed E-state index contributed by atoms with van der Waals surface area (Å²) in [5.74, 6) is 1.01. The molecule has 0 unspecified atom stereocenters. The lowest BCUT2D eigenvalue weighted by molar-refractivity contribution is 1.23. The summed E-state index contributed by atoms with van der Waals surface area (Å²) in [7, 11) is 0. The Morgan fingerprint density at radius 1 is 0.778 bits per heavy atom. The van der Waals surface area contributed by atoms with E-state index < -0.39 is 0 Å². The van der Waals surface area contributed by atoms with Gasteiger partial charge in [-0.05, 0) is 0 Å². The smallest absolute Gasteiger partial charge is 0.144 e. The van der Waals surface area contributed by atoms with Crippen molar-refractivity contribution in [2.24, 2.45) is 0 Å². The van der Waals surface area contributed by atoms with Crippen LogP contribution in [0.15, 0.2) is 12.7 Å². The maximum Gasteiger partial charge on any atom is 0.144 e. The molecule has 0 saturated carbocycles. The van der Waals surface area contributed by atoms with E-state index in [0.717, 1.165) is 29.8 Å². The quantitative estimate of drug-likeness (QED) is 0.508. The Morgan fingerprint density at radius 3 is 1.78 bits per heavy atom. The van der Waals surface area contributed by atoms with Gasteiger partial charge in [-0.15, -0.1) is 22.7 Å². The molecule has 4 heterocycles. The highest BCUT2D eigenvalue weighted by Gasteiger charge is 2.17. The average molecular weight is 274 g/mol. The zero-order valence-corrected chi connectivity index (χ0v) is 10.5. The molecule has 0 fully saturated rings. The molecule has 0 saturated heterocycles. The minimum absolute atomic E-state index is 0.503. The first-order valence-corrected chi connectivity index (χ1v) is 6.70. The summed E-state index contributed by atoms with van der Waals surface area (Å²) in [5.41, 5.74) is 13.4. The third-order valence-corrected chi connectivity index (χ3v) is 5.22. The number of rotatable bonds is 0. The van der Waals surface area contributed by atoms with Gasteiger partial charge in [0.25, 0.3) is 0 Å². The van der Waals surface area contributed by atoms with Crippen molar-refractivity contribution in [2.45, 2.75) is 0 Å². The number of aromatic nitrogens is 4. The molecule has 0 atom stereocenters. The van der Waals surface area contributed by atoms with Crippen molar-refractivity contribution in [3.8, 4) is 0 Å². The fourth-order valence-electron chi connectivity index (χ4n) is 1.95. The van der Waals surface area contributed by atoms with Gasteiger partial charge >= 0.3 is 0 Å².